The second-order valence-electron chi connectivity index (χ2n) is 5.75. The van der Waals surface area contributed by atoms with Crippen LogP contribution in [0.15, 0.2) is 60.0 Å². The summed E-state index contributed by atoms with van der Waals surface area (Å²) in [7, 11) is 1.32. The topological polar surface area (TPSA) is 68.3 Å². The summed E-state index contributed by atoms with van der Waals surface area (Å²) in [6, 6.07) is 16.4. The first-order valence-corrected chi connectivity index (χ1v) is 8.92. The lowest BCUT2D eigenvalue weighted by molar-refractivity contribution is 0.0594. The molecule has 0 aliphatic rings. The molecular weight excluding hydrogens is 348 g/mol. The molecule has 0 aliphatic carbocycles. The maximum atomic E-state index is 12.6. The molecule has 1 N–H and O–H groups in total. The number of thiazole rings is 1. The van der Waals surface area contributed by atoms with Gasteiger partial charge in [0.2, 0.25) is 0 Å². The number of nitrogens with one attached hydrogen (secondary N) is 1. The molecule has 26 heavy (non-hydrogen) atoms. The highest BCUT2D eigenvalue weighted by molar-refractivity contribution is 7.10. The Morgan fingerprint density at radius 3 is 2.42 bits per heavy atom. The Morgan fingerprint density at radius 2 is 1.77 bits per heavy atom. The minimum absolute atomic E-state index is 0.203. The lowest BCUT2D eigenvalue weighted by atomic mass is 10.0. The molecule has 6 heteroatoms. The summed E-state index contributed by atoms with van der Waals surface area (Å²) in [4.78, 5) is 28.7. The van der Waals surface area contributed by atoms with Gasteiger partial charge in [0.15, 0.2) is 5.69 Å². The van der Waals surface area contributed by atoms with E-state index in [9.17, 15) is 9.59 Å². The Hall–Kier alpha value is -2.99. The summed E-state index contributed by atoms with van der Waals surface area (Å²) in [6.45, 7) is 2.00. The molecule has 0 aliphatic heterocycles. The zero-order chi connectivity index (χ0) is 18.5. The fraction of sp³-hybridized carbons (Fsp3) is 0.150. The third-order valence-electron chi connectivity index (χ3n) is 3.89. The number of carbonyl (C=O) groups excluding carboxylic acids is 2. The van der Waals surface area contributed by atoms with Crippen molar-refractivity contribution in [3.05, 3.63) is 87.4 Å². The molecular formula is C20H18N2O3S. The van der Waals surface area contributed by atoms with Gasteiger partial charge in [0.05, 0.1) is 7.11 Å². The second-order valence-corrected chi connectivity index (χ2v) is 6.64. The van der Waals surface area contributed by atoms with Crippen molar-refractivity contribution in [1.82, 2.24) is 10.3 Å². The van der Waals surface area contributed by atoms with E-state index in [1.54, 1.807) is 17.5 Å². The highest BCUT2D eigenvalue weighted by Crippen LogP contribution is 2.26. The van der Waals surface area contributed by atoms with Gasteiger partial charge in [-0.2, -0.15) is 0 Å². The molecule has 3 aromatic rings. The third-order valence-corrected chi connectivity index (χ3v) is 4.80. The first-order chi connectivity index (χ1) is 12.6. The van der Waals surface area contributed by atoms with Crippen molar-refractivity contribution in [1.29, 1.82) is 0 Å². The molecule has 1 aromatic heterocycles. The third kappa shape index (κ3) is 3.97. The largest absolute Gasteiger partial charge is 0.464 e. The Bertz CT molecular complexity index is 904. The zero-order valence-corrected chi connectivity index (χ0v) is 15.2. The Morgan fingerprint density at radius 1 is 1.08 bits per heavy atom. The van der Waals surface area contributed by atoms with Crippen LogP contribution in [0.4, 0.5) is 0 Å². The van der Waals surface area contributed by atoms with Crippen LogP contribution >= 0.6 is 11.3 Å². The van der Waals surface area contributed by atoms with Crippen LogP contribution in [0.1, 0.15) is 43.0 Å². The molecule has 132 valence electrons. The molecule has 0 saturated heterocycles. The van der Waals surface area contributed by atoms with Crippen LogP contribution in [0.25, 0.3) is 0 Å². The van der Waals surface area contributed by atoms with Crippen LogP contribution in [-0.4, -0.2) is 24.0 Å². The van der Waals surface area contributed by atoms with Gasteiger partial charge in [-0.3, -0.25) is 4.79 Å². The van der Waals surface area contributed by atoms with E-state index in [4.69, 9.17) is 4.74 Å². The minimum Gasteiger partial charge on any atom is -0.464 e. The van der Waals surface area contributed by atoms with Gasteiger partial charge in [0.25, 0.3) is 5.91 Å². The molecule has 0 bridgehead atoms. The predicted molar refractivity (Wildman–Crippen MR) is 100 cm³/mol. The molecule has 1 amide bonds. The normalized spacial score (nSPS) is 11.6. The van der Waals surface area contributed by atoms with Crippen LogP contribution in [0, 0.1) is 6.92 Å². The van der Waals surface area contributed by atoms with Gasteiger partial charge >= 0.3 is 5.97 Å². The van der Waals surface area contributed by atoms with Gasteiger partial charge in [-0.1, -0.05) is 48.0 Å². The van der Waals surface area contributed by atoms with Crippen molar-refractivity contribution in [3.63, 3.8) is 0 Å². The summed E-state index contributed by atoms with van der Waals surface area (Å²) < 4.78 is 4.72. The van der Waals surface area contributed by atoms with Gasteiger partial charge in [-0.05, 0) is 24.6 Å². The first kappa shape index (κ1) is 17.8. The second kappa shape index (κ2) is 7.93. The van der Waals surface area contributed by atoms with E-state index in [0.717, 1.165) is 11.1 Å². The number of methoxy groups -OCH3 is 1. The number of carbonyl (C=O) groups is 2. The van der Waals surface area contributed by atoms with E-state index in [1.807, 2.05) is 49.4 Å². The molecule has 0 radical (unpaired) electrons. The number of esters is 1. The summed E-state index contributed by atoms with van der Waals surface area (Å²) in [5, 5.41) is 5.27. The fourth-order valence-electron chi connectivity index (χ4n) is 2.47. The highest BCUT2D eigenvalue weighted by Gasteiger charge is 2.22. The quantitative estimate of drug-likeness (QED) is 0.698. The van der Waals surface area contributed by atoms with E-state index in [-0.39, 0.29) is 11.6 Å². The standard InChI is InChI=1S/C20H18N2O3S/c1-13-8-10-14(11-9-13)17(19-21-16(12-26-19)20(24)25-2)22-18(23)15-6-4-3-5-7-15/h3-12,17H,1-2H3,(H,22,23). The zero-order valence-electron chi connectivity index (χ0n) is 14.4. The molecule has 0 saturated carbocycles. The molecule has 3 rings (SSSR count). The molecule has 1 unspecified atom stereocenters. The van der Waals surface area contributed by atoms with Crippen LogP contribution in [-0.2, 0) is 4.74 Å². The number of aryl methyl sites for hydroxylation is 1. The number of ether oxygens (including phenoxy) is 1. The Balaban J connectivity index is 1.94. The molecule has 1 heterocycles. The molecule has 0 fully saturated rings. The van der Waals surface area contributed by atoms with Crippen molar-refractivity contribution < 1.29 is 14.3 Å². The lowest BCUT2D eigenvalue weighted by Crippen LogP contribution is -2.29. The average molecular weight is 366 g/mol. The molecule has 1 atom stereocenters. The maximum absolute atomic E-state index is 12.6. The van der Waals surface area contributed by atoms with E-state index in [1.165, 1.54) is 18.4 Å². The number of aromatic nitrogens is 1. The van der Waals surface area contributed by atoms with Gasteiger partial charge in [0, 0.05) is 10.9 Å². The summed E-state index contributed by atoms with van der Waals surface area (Å²) in [5.41, 5.74) is 2.81. The SMILES string of the molecule is COC(=O)c1csc(C(NC(=O)c2ccccc2)c2ccc(C)cc2)n1. The molecule has 5 nitrogen and oxygen atoms in total. The number of hydrogen-bond acceptors (Lipinski definition) is 5. The summed E-state index contributed by atoms with van der Waals surface area (Å²) in [5.74, 6) is -0.699. The summed E-state index contributed by atoms with van der Waals surface area (Å²) >= 11 is 1.31. The van der Waals surface area contributed by atoms with Crippen LogP contribution in [0.5, 0.6) is 0 Å². The maximum Gasteiger partial charge on any atom is 0.357 e. The number of benzene rings is 2. The Kier molecular flexibility index (Phi) is 5.43. The van der Waals surface area contributed by atoms with Crippen molar-refractivity contribution >= 4 is 23.2 Å². The predicted octanol–water partition coefficient (Wildman–Crippen LogP) is 3.76. The van der Waals surface area contributed by atoms with E-state index < -0.39 is 12.0 Å². The molecule has 2 aromatic carbocycles. The smallest absolute Gasteiger partial charge is 0.357 e. The summed E-state index contributed by atoms with van der Waals surface area (Å²) in [6.07, 6.45) is 0. The van der Waals surface area contributed by atoms with Gasteiger partial charge in [0.1, 0.15) is 11.0 Å². The number of hydrogen-bond donors (Lipinski definition) is 1. The van der Waals surface area contributed by atoms with Crippen LogP contribution in [0.2, 0.25) is 0 Å². The van der Waals surface area contributed by atoms with Crippen molar-refractivity contribution in [2.75, 3.05) is 7.11 Å². The van der Waals surface area contributed by atoms with Crippen LogP contribution in [0.3, 0.4) is 0 Å². The van der Waals surface area contributed by atoms with Crippen molar-refractivity contribution in [3.8, 4) is 0 Å². The number of rotatable bonds is 5. The number of amides is 1. The fourth-order valence-corrected chi connectivity index (χ4v) is 3.33. The van der Waals surface area contributed by atoms with Crippen molar-refractivity contribution in [2.24, 2.45) is 0 Å². The first-order valence-electron chi connectivity index (χ1n) is 8.04. The highest BCUT2D eigenvalue weighted by atomic mass is 32.1. The molecule has 0 spiro atoms. The lowest BCUT2D eigenvalue weighted by Gasteiger charge is -2.17. The van der Waals surface area contributed by atoms with E-state index in [2.05, 4.69) is 10.3 Å². The monoisotopic (exact) mass is 366 g/mol. The van der Waals surface area contributed by atoms with E-state index in [0.29, 0.717) is 10.6 Å². The van der Waals surface area contributed by atoms with Gasteiger partial charge in [-0.25, -0.2) is 9.78 Å². The number of nitrogens with zero attached hydrogens (tertiary/aromatic N) is 1. The van der Waals surface area contributed by atoms with Crippen molar-refractivity contribution in [2.45, 2.75) is 13.0 Å². The Labute approximate surface area is 155 Å². The van der Waals surface area contributed by atoms with Gasteiger partial charge < -0.3 is 10.1 Å². The van der Waals surface area contributed by atoms with Crippen LogP contribution < -0.4 is 5.32 Å². The average Bonchev–Trinajstić information content (AvgIpc) is 3.16. The minimum atomic E-state index is -0.496. The van der Waals surface area contributed by atoms with E-state index >= 15 is 0 Å². The van der Waals surface area contributed by atoms with Gasteiger partial charge in [-0.15, -0.1) is 11.3 Å².